The number of rotatable bonds is 5. The molecule has 0 saturated heterocycles. The molecule has 0 aromatic heterocycles. The summed E-state index contributed by atoms with van der Waals surface area (Å²) in [5.74, 6) is 0.466. The van der Waals surface area contributed by atoms with Crippen molar-refractivity contribution >= 4 is 11.6 Å². The fraction of sp³-hybridized carbons (Fsp3) is 0.316. The van der Waals surface area contributed by atoms with Crippen molar-refractivity contribution in [2.24, 2.45) is 5.92 Å². The SMILES string of the molecule is CC(C)Cc1ccccc1[C@@H](C)C(=O)Nc1ccccc1. The fourth-order valence-corrected chi connectivity index (χ4v) is 2.50. The molecule has 0 fully saturated rings. The van der Waals surface area contributed by atoms with E-state index in [0.29, 0.717) is 5.92 Å². The first-order chi connectivity index (χ1) is 10.1. The van der Waals surface area contributed by atoms with Crippen LogP contribution in [0, 0.1) is 5.92 Å². The highest BCUT2D eigenvalue weighted by Crippen LogP contribution is 2.23. The molecule has 0 heterocycles. The van der Waals surface area contributed by atoms with Gasteiger partial charge < -0.3 is 5.32 Å². The molecular formula is C19H23NO. The van der Waals surface area contributed by atoms with Crippen LogP contribution in [0.5, 0.6) is 0 Å². The van der Waals surface area contributed by atoms with E-state index in [4.69, 9.17) is 0 Å². The topological polar surface area (TPSA) is 29.1 Å². The van der Waals surface area contributed by atoms with Crippen molar-refractivity contribution < 1.29 is 4.79 Å². The minimum absolute atomic E-state index is 0.0393. The second-order valence-electron chi connectivity index (χ2n) is 5.87. The number of para-hydroxylation sites is 1. The van der Waals surface area contributed by atoms with E-state index in [1.807, 2.05) is 49.4 Å². The molecule has 110 valence electrons. The first-order valence-corrected chi connectivity index (χ1v) is 7.51. The maximum absolute atomic E-state index is 12.4. The average molecular weight is 281 g/mol. The van der Waals surface area contributed by atoms with Crippen LogP contribution in [0.2, 0.25) is 0 Å². The molecule has 0 aliphatic heterocycles. The second-order valence-corrected chi connectivity index (χ2v) is 5.87. The van der Waals surface area contributed by atoms with Gasteiger partial charge in [-0.25, -0.2) is 0 Å². The van der Waals surface area contributed by atoms with Crippen molar-refractivity contribution in [3.8, 4) is 0 Å². The quantitative estimate of drug-likeness (QED) is 0.850. The number of hydrogen-bond donors (Lipinski definition) is 1. The van der Waals surface area contributed by atoms with Crippen LogP contribution in [0.15, 0.2) is 54.6 Å². The van der Waals surface area contributed by atoms with Gasteiger partial charge in [0, 0.05) is 5.69 Å². The van der Waals surface area contributed by atoms with E-state index in [-0.39, 0.29) is 11.8 Å². The number of carbonyl (C=O) groups excluding carboxylic acids is 1. The molecule has 0 saturated carbocycles. The lowest BCUT2D eigenvalue weighted by atomic mass is 9.90. The summed E-state index contributed by atoms with van der Waals surface area (Å²) in [7, 11) is 0. The van der Waals surface area contributed by atoms with Gasteiger partial charge in [-0.1, -0.05) is 56.3 Å². The van der Waals surface area contributed by atoms with Crippen LogP contribution in [0.25, 0.3) is 0 Å². The van der Waals surface area contributed by atoms with Crippen molar-refractivity contribution in [2.45, 2.75) is 33.1 Å². The molecule has 21 heavy (non-hydrogen) atoms. The summed E-state index contributed by atoms with van der Waals surface area (Å²) >= 11 is 0. The molecule has 2 aromatic carbocycles. The minimum Gasteiger partial charge on any atom is -0.326 e. The molecule has 0 aliphatic carbocycles. The number of hydrogen-bond acceptors (Lipinski definition) is 1. The Kier molecular flexibility index (Phi) is 5.15. The van der Waals surface area contributed by atoms with Gasteiger partial charge in [0.1, 0.15) is 0 Å². The summed E-state index contributed by atoms with van der Waals surface area (Å²) in [5.41, 5.74) is 3.23. The molecule has 1 N–H and O–H groups in total. The van der Waals surface area contributed by atoms with E-state index in [9.17, 15) is 4.79 Å². The first kappa shape index (κ1) is 15.3. The van der Waals surface area contributed by atoms with Gasteiger partial charge in [0.25, 0.3) is 0 Å². The zero-order chi connectivity index (χ0) is 15.2. The lowest BCUT2D eigenvalue weighted by Gasteiger charge is -2.17. The lowest BCUT2D eigenvalue weighted by molar-refractivity contribution is -0.117. The third-order valence-corrected chi connectivity index (χ3v) is 3.58. The van der Waals surface area contributed by atoms with Gasteiger partial charge >= 0.3 is 0 Å². The van der Waals surface area contributed by atoms with Crippen LogP contribution in [0.4, 0.5) is 5.69 Å². The smallest absolute Gasteiger partial charge is 0.231 e. The van der Waals surface area contributed by atoms with Gasteiger partial charge in [-0.15, -0.1) is 0 Å². The Morgan fingerprint density at radius 1 is 0.952 bits per heavy atom. The molecule has 0 spiro atoms. The van der Waals surface area contributed by atoms with E-state index in [1.54, 1.807) is 0 Å². The summed E-state index contributed by atoms with van der Waals surface area (Å²) < 4.78 is 0. The van der Waals surface area contributed by atoms with E-state index in [0.717, 1.165) is 17.7 Å². The highest BCUT2D eigenvalue weighted by Gasteiger charge is 2.18. The number of benzene rings is 2. The standard InChI is InChI=1S/C19H23NO/c1-14(2)13-16-9-7-8-12-18(16)15(3)19(21)20-17-10-5-4-6-11-17/h4-12,14-15H,13H2,1-3H3,(H,20,21)/t15-/m1/s1. The summed E-state index contributed by atoms with van der Waals surface area (Å²) in [6, 6.07) is 17.8. The molecule has 0 bridgehead atoms. The van der Waals surface area contributed by atoms with E-state index >= 15 is 0 Å². The van der Waals surface area contributed by atoms with Crippen LogP contribution in [-0.4, -0.2) is 5.91 Å². The molecule has 0 unspecified atom stereocenters. The van der Waals surface area contributed by atoms with Crippen LogP contribution < -0.4 is 5.32 Å². The zero-order valence-corrected chi connectivity index (χ0v) is 13.0. The number of amides is 1. The molecule has 2 rings (SSSR count). The molecule has 2 nitrogen and oxygen atoms in total. The van der Waals surface area contributed by atoms with Crippen LogP contribution >= 0.6 is 0 Å². The second kappa shape index (κ2) is 7.07. The predicted molar refractivity (Wildman–Crippen MR) is 88.5 cm³/mol. The highest BCUT2D eigenvalue weighted by molar-refractivity contribution is 5.95. The Hall–Kier alpha value is -2.09. The molecule has 2 heteroatoms. The summed E-state index contributed by atoms with van der Waals surface area (Å²) in [6.45, 7) is 6.37. The van der Waals surface area contributed by atoms with Gasteiger partial charge in [-0.05, 0) is 42.5 Å². The Bertz CT molecular complexity index is 590. The Labute approximate surface area is 127 Å². The third-order valence-electron chi connectivity index (χ3n) is 3.58. The third kappa shape index (κ3) is 4.19. The maximum Gasteiger partial charge on any atom is 0.231 e. The highest BCUT2D eigenvalue weighted by atomic mass is 16.1. The fourth-order valence-electron chi connectivity index (χ4n) is 2.50. The minimum atomic E-state index is -0.153. The van der Waals surface area contributed by atoms with Crippen molar-refractivity contribution in [3.05, 3.63) is 65.7 Å². The van der Waals surface area contributed by atoms with Crippen molar-refractivity contribution in [1.29, 1.82) is 0 Å². The largest absolute Gasteiger partial charge is 0.326 e. The van der Waals surface area contributed by atoms with Gasteiger partial charge in [0.15, 0.2) is 0 Å². The monoisotopic (exact) mass is 281 g/mol. The van der Waals surface area contributed by atoms with Crippen LogP contribution in [0.1, 0.15) is 37.8 Å². The molecule has 1 amide bonds. The molecule has 0 aliphatic rings. The van der Waals surface area contributed by atoms with Gasteiger partial charge in [0.2, 0.25) is 5.91 Å². The molecule has 2 aromatic rings. The Morgan fingerprint density at radius 2 is 1.57 bits per heavy atom. The Morgan fingerprint density at radius 3 is 2.24 bits per heavy atom. The molecule has 1 atom stereocenters. The number of anilines is 1. The summed E-state index contributed by atoms with van der Waals surface area (Å²) in [4.78, 5) is 12.4. The number of carbonyl (C=O) groups is 1. The first-order valence-electron chi connectivity index (χ1n) is 7.51. The molecule has 0 radical (unpaired) electrons. The van der Waals surface area contributed by atoms with Crippen molar-refractivity contribution in [3.63, 3.8) is 0 Å². The number of nitrogens with one attached hydrogen (secondary N) is 1. The van der Waals surface area contributed by atoms with E-state index < -0.39 is 0 Å². The lowest BCUT2D eigenvalue weighted by Crippen LogP contribution is -2.20. The van der Waals surface area contributed by atoms with Gasteiger partial charge in [-0.3, -0.25) is 4.79 Å². The summed E-state index contributed by atoms with van der Waals surface area (Å²) in [6.07, 6.45) is 0.999. The summed E-state index contributed by atoms with van der Waals surface area (Å²) in [5, 5.41) is 2.98. The van der Waals surface area contributed by atoms with E-state index in [1.165, 1.54) is 5.56 Å². The normalized spacial score (nSPS) is 12.2. The van der Waals surface area contributed by atoms with Crippen LogP contribution in [0.3, 0.4) is 0 Å². The molecular weight excluding hydrogens is 258 g/mol. The zero-order valence-electron chi connectivity index (χ0n) is 13.0. The Balaban J connectivity index is 2.16. The van der Waals surface area contributed by atoms with E-state index in [2.05, 4.69) is 31.3 Å². The van der Waals surface area contributed by atoms with Gasteiger partial charge in [0.05, 0.1) is 5.92 Å². The van der Waals surface area contributed by atoms with Crippen LogP contribution in [-0.2, 0) is 11.2 Å². The maximum atomic E-state index is 12.4. The van der Waals surface area contributed by atoms with Gasteiger partial charge in [-0.2, -0.15) is 0 Å². The average Bonchev–Trinajstić information content (AvgIpc) is 2.47. The van der Waals surface area contributed by atoms with Crippen molar-refractivity contribution in [2.75, 3.05) is 5.32 Å². The predicted octanol–water partition coefficient (Wildman–Crippen LogP) is 4.63. The van der Waals surface area contributed by atoms with Crippen molar-refractivity contribution in [1.82, 2.24) is 0 Å².